The van der Waals surface area contributed by atoms with E-state index in [0.29, 0.717) is 6.04 Å². The molecule has 0 aliphatic rings. The van der Waals surface area contributed by atoms with Crippen molar-refractivity contribution in [2.75, 3.05) is 0 Å². The van der Waals surface area contributed by atoms with Crippen molar-refractivity contribution < 1.29 is 0 Å². The van der Waals surface area contributed by atoms with E-state index in [4.69, 9.17) is 0 Å². The summed E-state index contributed by atoms with van der Waals surface area (Å²) in [6.07, 6.45) is 0. The van der Waals surface area contributed by atoms with Gasteiger partial charge in [0.1, 0.15) is 0 Å². The Morgan fingerprint density at radius 1 is 1.07 bits per heavy atom. The number of nitrogens with one attached hydrogen (secondary N) is 1. The largest absolute Gasteiger partial charge is 0.310 e. The van der Waals surface area contributed by atoms with E-state index in [0.717, 1.165) is 6.54 Å². The van der Waals surface area contributed by atoms with Crippen molar-refractivity contribution in [2.45, 2.75) is 47.2 Å². The zero-order valence-corrected chi connectivity index (χ0v) is 9.94. The molecule has 0 fully saturated rings. The summed E-state index contributed by atoms with van der Waals surface area (Å²) >= 11 is 0. The topological polar surface area (TPSA) is 12.0 Å². The molecule has 0 radical (unpaired) electrons. The molecule has 0 bridgehead atoms. The SMILES string of the molecule is Cc1cc(C)c(CNC(C)C)c(C)c1. The molecule has 1 N–H and O–H groups in total. The number of aryl methyl sites for hydroxylation is 3. The van der Waals surface area contributed by atoms with Crippen LogP contribution in [0.1, 0.15) is 36.1 Å². The Bertz CT molecular complexity index is 290. The fraction of sp³-hybridized carbons (Fsp3) is 0.538. The van der Waals surface area contributed by atoms with Crippen molar-refractivity contribution in [3.05, 3.63) is 34.4 Å². The smallest absolute Gasteiger partial charge is 0.0213 e. The monoisotopic (exact) mass is 191 g/mol. The molecule has 1 nitrogen and oxygen atoms in total. The van der Waals surface area contributed by atoms with E-state index >= 15 is 0 Å². The van der Waals surface area contributed by atoms with Gasteiger partial charge in [-0.2, -0.15) is 0 Å². The van der Waals surface area contributed by atoms with Crippen LogP contribution in [0.2, 0.25) is 0 Å². The number of hydrogen-bond donors (Lipinski definition) is 1. The van der Waals surface area contributed by atoms with Crippen LogP contribution in [-0.4, -0.2) is 6.04 Å². The minimum atomic E-state index is 0.551. The third kappa shape index (κ3) is 2.85. The Morgan fingerprint density at radius 3 is 2.00 bits per heavy atom. The van der Waals surface area contributed by atoms with Gasteiger partial charge >= 0.3 is 0 Å². The van der Waals surface area contributed by atoms with Crippen LogP contribution < -0.4 is 5.32 Å². The number of rotatable bonds is 3. The maximum atomic E-state index is 3.46. The van der Waals surface area contributed by atoms with Crippen molar-refractivity contribution >= 4 is 0 Å². The quantitative estimate of drug-likeness (QED) is 0.774. The van der Waals surface area contributed by atoms with Gasteiger partial charge in [-0.25, -0.2) is 0 Å². The predicted octanol–water partition coefficient (Wildman–Crippen LogP) is 3.11. The average molecular weight is 191 g/mol. The highest BCUT2D eigenvalue weighted by Gasteiger charge is 2.03. The number of benzene rings is 1. The van der Waals surface area contributed by atoms with E-state index in [2.05, 4.69) is 52.1 Å². The highest BCUT2D eigenvalue weighted by molar-refractivity contribution is 5.37. The Balaban J connectivity index is 2.86. The fourth-order valence-electron chi connectivity index (χ4n) is 1.79. The van der Waals surface area contributed by atoms with Gasteiger partial charge in [0, 0.05) is 12.6 Å². The molecular formula is C13H21N. The fourth-order valence-corrected chi connectivity index (χ4v) is 1.79. The van der Waals surface area contributed by atoms with Crippen molar-refractivity contribution in [2.24, 2.45) is 0 Å². The van der Waals surface area contributed by atoms with E-state index in [1.807, 2.05) is 0 Å². The van der Waals surface area contributed by atoms with Crippen LogP contribution in [0.4, 0.5) is 0 Å². The van der Waals surface area contributed by atoms with Gasteiger partial charge in [0.2, 0.25) is 0 Å². The maximum Gasteiger partial charge on any atom is 0.0213 e. The van der Waals surface area contributed by atoms with Crippen LogP contribution in [-0.2, 0) is 6.54 Å². The third-order valence-electron chi connectivity index (χ3n) is 2.53. The van der Waals surface area contributed by atoms with Crippen LogP contribution in [0.5, 0.6) is 0 Å². The first-order valence-electron chi connectivity index (χ1n) is 5.31. The number of hydrogen-bond acceptors (Lipinski definition) is 1. The molecule has 1 heteroatoms. The van der Waals surface area contributed by atoms with Crippen LogP contribution in [0.15, 0.2) is 12.1 Å². The summed E-state index contributed by atoms with van der Waals surface area (Å²) in [5, 5.41) is 3.46. The van der Waals surface area contributed by atoms with E-state index < -0.39 is 0 Å². The second-order valence-electron chi connectivity index (χ2n) is 4.41. The molecule has 0 aliphatic heterocycles. The van der Waals surface area contributed by atoms with Gasteiger partial charge in [-0.1, -0.05) is 31.5 Å². The molecule has 0 aliphatic carbocycles. The van der Waals surface area contributed by atoms with Crippen LogP contribution >= 0.6 is 0 Å². The summed E-state index contributed by atoms with van der Waals surface area (Å²) in [4.78, 5) is 0. The predicted molar refractivity (Wildman–Crippen MR) is 62.6 cm³/mol. The van der Waals surface area contributed by atoms with Crippen molar-refractivity contribution in [1.29, 1.82) is 0 Å². The lowest BCUT2D eigenvalue weighted by molar-refractivity contribution is 0.586. The third-order valence-corrected chi connectivity index (χ3v) is 2.53. The van der Waals surface area contributed by atoms with Crippen LogP contribution in [0, 0.1) is 20.8 Å². The molecule has 0 unspecified atom stereocenters. The molecular weight excluding hydrogens is 170 g/mol. The maximum absolute atomic E-state index is 3.46. The van der Waals surface area contributed by atoms with E-state index in [-0.39, 0.29) is 0 Å². The summed E-state index contributed by atoms with van der Waals surface area (Å²) in [5.41, 5.74) is 5.60. The van der Waals surface area contributed by atoms with E-state index in [1.54, 1.807) is 0 Å². The lowest BCUT2D eigenvalue weighted by atomic mass is 10.00. The molecule has 0 saturated heterocycles. The highest BCUT2D eigenvalue weighted by Crippen LogP contribution is 2.16. The van der Waals surface area contributed by atoms with Gasteiger partial charge in [-0.3, -0.25) is 0 Å². The van der Waals surface area contributed by atoms with Gasteiger partial charge in [0.05, 0.1) is 0 Å². The lowest BCUT2D eigenvalue weighted by Gasteiger charge is -2.14. The Labute approximate surface area is 87.5 Å². The molecule has 14 heavy (non-hydrogen) atoms. The Hall–Kier alpha value is -0.820. The molecule has 0 amide bonds. The molecule has 78 valence electrons. The van der Waals surface area contributed by atoms with Gasteiger partial charge < -0.3 is 5.32 Å². The summed E-state index contributed by atoms with van der Waals surface area (Å²) in [6.45, 7) is 11.9. The van der Waals surface area contributed by atoms with Crippen LogP contribution in [0.25, 0.3) is 0 Å². The minimum Gasteiger partial charge on any atom is -0.310 e. The Morgan fingerprint density at radius 2 is 1.57 bits per heavy atom. The zero-order valence-electron chi connectivity index (χ0n) is 9.94. The first kappa shape index (κ1) is 11.3. The first-order chi connectivity index (χ1) is 6.50. The molecule has 1 rings (SSSR count). The lowest BCUT2D eigenvalue weighted by Crippen LogP contribution is -2.22. The van der Waals surface area contributed by atoms with Crippen molar-refractivity contribution in [3.63, 3.8) is 0 Å². The van der Waals surface area contributed by atoms with E-state index in [1.165, 1.54) is 22.3 Å². The van der Waals surface area contributed by atoms with Gasteiger partial charge in [0.15, 0.2) is 0 Å². The summed E-state index contributed by atoms with van der Waals surface area (Å²) in [7, 11) is 0. The van der Waals surface area contributed by atoms with E-state index in [9.17, 15) is 0 Å². The second-order valence-corrected chi connectivity index (χ2v) is 4.41. The summed E-state index contributed by atoms with van der Waals surface area (Å²) < 4.78 is 0. The first-order valence-corrected chi connectivity index (χ1v) is 5.31. The molecule has 1 aromatic rings. The zero-order chi connectivity index (χ0) is 10.7. The second kappa shape index (κ2) is 4.61. The van der Waals surface area contributed by atoms with Gasteiger partial charge in [-0.05, 0) is 37.5 Å². The normalized spacial score (nSPS) is 11.0. The Kier molecular flexibility index (Phi) is 3.70. The molecule has 0 spiro atoms. The van der Waals surface area contributed by atoms with Gasteiger partial charge in [-0.15, -0.1) is 0 Å². The van der Waals surface area contributed by atoms with Gasteiger partial charge in [0.25, 0.3) is 0 Å². The molecule has 0 saturated carbocycles. The molecule has 1 aromatic carbocycles. The molecule has 0 atom stereocenters. The van der Waals surface area contributed by atoms with Crippen LogP contribution in [0.3, 0.4) is 0 Å². The summed E-state index contributed by atoms with van der Waals surface area (Å²) in [6, 6.07) is 5.06. The minimum absolute atomic E-state index is 0.551. The van der Waals surface area contributed by atoms with Crippen molar-refractivity contribution in [3.8, 4) is 0 Å². The summed E-state index contributed by atoms with van der Waals surface area (Å²) in [5.74, 6) is 0. The molecule has 0 aromatic heterocycles. The molecule has 0 heterocycles. The standard InChI is InChI=1S/C13H21N/c1-9(2)14-8-13-11(4)6-10(3)7-12(13)5/h6-7,9,14H,8H2,1-5H3. The highest BCUT2D eigenvalue weighted by atomic mass is 14.9. The van der Waals surface area contributed by atoms with Crippen molar-refractivity contribution in [1.82, 2.24) is 5.32 Å². The average Bonchev–Trinajstić information content (AvgIpc) is 2.01.